The van der Waals surface area contributed by atoms with Crippen molar-refractivity contribution in [3.05, 3.63) is 0 Å². The molecule has 0 aromatic carbocycles. The summed E-state index contributed by atoms with van der Waals surface area (Å²) < 4.78 is 10.9. The maximum atomic E-state index is 10.9. The molecule has 1 nitrogen and oxygen atoms in total. The molecule has 3 aliphatic heterocycles. The van der Waals surface area contributed by atoms with Crippen molar-refractivity contribution in [2.45, 2.75) is 27.4 Å². The largest absolute Gasteiger partial charge is 0.259 e. The average Bonchev–Trinajstić information content (AvgIpc) is 2.69. The molecule has 0 N–H and O–H groups in total. The molecule has 0 radical (unpaired) electrons. The van der Waals surface area contributed by atoms with E-state index in [4.69, 9.17) is 0 Å². The number of rotatable bonds is 3. The number of thioether (sulfide) groups is 2. The second kappa shape index (κ2) is 2.42. The highest BCUT2D eigenvalue weighted by molar-refractivity contribution is 8.09. The van der Waals surface area contributed by atoms with Gasteiger partial charge >= 0.3 is 0 Å². The van der Waals surface area contributed by atoms with E-state index in [1.807, 2.05) is 0 Å². The van der Waals surface area contributed by atoms with Gasteiger partial charge in [-0.25, -0.2) is 0 Å². The molecule has 0 aromatic rings. The van der Waals surface area contributed by atoms with Crippen molar-refractivity contribution in [2.24, 2.45) is 0 Å². The molecule has 0 aromatic heterocycles. The van der Waals surface area contributed by atoms with E-state index >= 15 is 0 Å². The molecule has 5 unspecified atom stereocenters. The lowest BCUT2D eigenvalue weighted by molar-refractivity contribution is 0.692. The summed E-state index contributed by atoms with van der Waals surface area (Å²) in [7, 11) is -0.409. The minimum absolute atomic E-state index is 0.409. The van der Waals surface area contributed by atoms with Crippen LogP contribution in [0.3, 0.4) is 0 Å². The molecule has 11 heavy (non-hydrogen) atoms. The van der Waals surface area contributed by atoms with Crippen LogP contribution in [0.15, 0.2) is 0 Å². The summed E-state index contributed by atoms with van der Waals surface area (Å²) in [5.74, 6) is 2.39. The molecule has 5 atom stereocenters. The van der Waals surface area contributed by atoms with Crippen molar-refractivity contribution >= 4 is 34.3 Å². The Bertz CT molecular complexity index is 214. The van der Waals surface area contributed by atoms with Crippen LogP contribution < -0.4 is 0 Å². The first-order chi connectivity index (χ1) is 5.34. The third kappa shape index (κ3) is 1.49. The highest BCUT2D eigenvalue weighted by Gasteiger charge is 2.54. The zero-order chi connectivity index (χ0) is 7.42. The fourth-order valence-corrected chi connectivity index (χ4v) is 5.36. The van der Waals surface area contributed by atoms with Crippen molar-refractivity contribution < 1.29 is 4.21 Å². The standard InChI is InChI=1S/C7H10OS3/c8-11-3-6(11)7-5(10-7)1-4-2-9-4/h4-7H,1-3H2. The molecule has 0 aliphatic carbocycles. The van der Waals surface area contributed by atoms with E-state index in [1.54, 1.807) is 0 Å². The zero-order valence-electron chi connectivity index (χ0n) is 6.06. The Kier molecular flexibility index (Phi) is 1.60. The predicted molar refractivity (Wildman–Crippen MR) is 52.8 cm³/mol. The summed E-state index contributed by atoms with van der Waals surface area (Å²) in [5.41, 5.74) is 0. The summed E-state index contributed by atoms with van der Waals surface area (Å²) in [6.45, 7) is 0. The topological polar surface area (TPSA) is 17.1 Å². The van der Waals surface area contributed by atoms with Gasteiger partial charge < -0.3 is 0 Å². The van der Waals surface area contributed by atoms with Gasteiger partial charge in [-0.3, -0.25) is 4.21 Å². The van der Waals surface area contributed by atoms with Crippen LogP contribution in [-0.4, -0.2) is 36.7 Å². The molecule has 3 aliphatic rings. The van der Waals surface area contributed by atoms with E-state index in [0.29, 0.717) is 5.25 Å². The molecule has 3 rings (SSSR count). The highest BCUT2D eigenvalue weighted by atomic mass is 32.2. The minimum Gasteiger partial charge on any atom is -0.259 e. The molecule has 62 valence electrons. The molecular formula is C7H10OS3. The van der Waals surface area contributed by atoms with Gasteiger partial charge in [-0.15, -0.1) is 0 Å². The Labute approximate surface area is 77.5 Å². The van der Waals surface area contributed by atoms with Gasteiger partial charge in [0.1, 0.15) is 0 Å². The van der Waals surface area contributed by atoms with Gasteiger partial charge in [0.15, 0.2) is 0 Å². The summed E-state index contributed by atoms with van der Waals surface area (Å²) >= 11 is 4.16. The lowest BCUT2D eigenvalue weighted by atomic mass is 10.2. The van der Waals surface area contributed by atoms with Crippen LogP contribution in [0, 0.1) is 0 Å². The minimum atomic E-state index is -0.409. The van der Waals surface area contributed by atoms with Gasteiger partial charge in [-0.2, -0.15) is 23.5 Å². The van der Waals surface area contributed by atoms with Crippen LogP contribution in [0.1, 0.15) is 6.42 Å². The Hall–Kier alpha value is 0.850. The van der Waals surface area contributed by atoms with Gasteiger partial charge in [-0.1, -0.05) is 0 Å². The quantitative estimate of drug-likeness (QED) is 0.644. The lowest BCUT2D eigenvalue weighted by Crippen LogP contribution is -2.03. The van der Waals surface area contributed by atoms with Crippen LogP contribution in [-0.2, 0) is 10.8 Å². The smallest absolute Gasteiger partial charge is 0.0593 e. The van der Waals surface area contributed by atoms with Crippen LogP contribution in [0.4, 0.5) is 0 Å². The first kappa shape index (κ1) is 7.27. The molecule has 0 bridgehead atoms. The van der Waals surface area contributed by atoms with E-state index in [2.05, 4.69) is 23.5 Å². The van der Waals surface area contributed by atoms with Gasteiger partial charge in [0.05, 0.1) is 5.25 Å². The maximum Gasteiger partial charge on any atom is 0.0593 e. The normalized spacial score (nSPS) is 59.1. The van der Waals surface area contributed by atoms with Crippen molar-refractivity contribution in [2.75, 3.05) is 11.5 Å². The summed E-state index contributed by atoms with van der Waals surface area (Å²) in [5, 5.41) is 3.28. The van der Waals surface area contributed by atoms with Gasteiger partial charge in [0.25, 0.3) is 0 Å². The summed E-state index contributed by atoms with van der Waals surface area (Å²) in [6, 6.07) is 0. The van der Waals surface area contributed by atoms with Gasteiger partial charge in [-0.05, 0) is 6.42 Å². The molecule has 3 saturated heterocycles. The molecule has 0 spiro atoms. The van der Waals surface area contributed by atoms with E-state index < -0.39 is 10.8 Å². The summed E-state index contributed by atoms with van der Waals surface area (Å²) in [4.78, 5) is 0. The van der Waals surface area contributed by atoms with Gasteiger partial charge in [0, 0.05) is 38.1 Å². The first-order valence-electron chi connectivity index (χ1n) is 3.99. The fourth-order valence-electron chi connectivity index (χ4n) is 1.50. The molecular weight excluding hydrogens is 196 g/mol. The van der Waals surface area contributed by atoms with Crippen molar-refractivity contribution in [3.63, 3.8) is 0 Å². The van der Waals surface area contributed by atoms with Gasteiger partial charge in [0.2, 0.25) is 0 Å². The van der Waals surface area contributed by atoms with E-state index in [0.717, 1.165) is 21.5 Å². The van der Waals surface area contributed by atoms with Crippen LogP contribution in [0.5, 0.6) is 0 Å². The monoisotopic (exact) mass is 206 g/mol. The van der Waals surface area contributed by atoms with Crippen molar-refractivity contribution in [1.29, 1.82) is 0 Å². The highest BCUT2D eigenvalue weighted by Crippen LogP contribution is 2.54. The zero-order valence-corrected chi connectivity index (χ0v) is 8.51. The van der Waals surface area contributed by atoms with Crippen LogP contribution in [0.2, 0.25) is 0 Å². The molecule has 3 fully saturated rings. The Morgan fingerprint density at radius 1 is 1.55 bits per heavy atom. The fraction of sp³-hybridized carbons (Fsp3) is 1.00. The number of hydrogen-bond donors (Lipinski definition) is 0. The Morgan fingerprint density at radius 2 is 2.27 bits per heavy atom. The van der Waals surface area contributed by atoms with Crippen molar-refractivity contribution in [3.8, 4) is 0 Å². The SMILES string of the molecule is O=S1CC1C1SC1CC1CS1. The van der Waals surface area contributed by atoms with E-state index in [1.165, 1.54) is 12.2 Å². The first-order valence-corrected chi connectivity index (χ1v) is 7.36. The predicted octanol–water partition coefficient (Wildman–Crippen LogP) is 1.11. The number of hydrogen-bond acceptors (Lipinski definition) is 3. The molecule has 3 heterocycles. The lowest BCUT2D eigenvalue weighted by Gasteiger charge is -1.89. The second-order valence-corrected chi connectivity index (χ2v) is 7.87. The van der Waals surface area contributed by atoms with E-state index in [-0.39, 0.29) is 0 Å². The molecule has 0 amide bonds. The third-order valence-corrected chi connectivity index (χ3v) is 6.49. The maximum absolute atomic E-state index is 10.9. The molecule has 4 heteroatoms. The average molecular weight is 206 g/mol. The van der Waals surface area contributed by atoms with E-state index in [9.17, 15) is 4.21 Å². The molecule has 0 saturated carbocycles. The third-order valence-electron chi connectivity index (χ3n) is 2.44. The summed E-state index contributed by atoms with van der Waals surface area (Å²) in [6.07, 6.45) is 1.40. The van der Waals surface area contributed by atoms with Crippen molar-refractivity contribution in [1.82, 2.24) is 0 Å². The Morgan fingerprint density at radius 3 is 2.82 bits per heavy atom. The van der Waals surface area contributed by atoms with Crippen LogP contribution >= 0.6 is 23.5 Å². The Balaban J connectivity index is 1.50. The van der Waals surface area contributed by atoms with Crippen LogP contribution in [0.25, 0.3) is 0 Å². The second-order valence-electron chi connectivity index (χ2n) is 3.42.